The average molecular weight is 353 g/mol. The lowest BCUT2D eigenvalue weighted by molar-refractivity contribution is -0.125. The lowest BCUT2D eigenvalue weighted by Crippen LogP contribution is -2.35. The summed E-state index contributed by atoms with van der Waals surface area (Å²) in [5, 5.41) is 4.93. The van der Waals surface area contributed by atoms with E-state index < -0.39 is 0 Å². The highest BCUT2D eigenvalue weighted by atomic mass is 79.9. The molecule has 1 amide bonds. The van der Waals surface area contributed by atoms with Gasteiger partial charge in [-0.05, 0) is 32.9 Å². The quantitative estimate of drug-likeness (QED) is 0.865. The molecule has 0 aliphatic heterocycles. The minimum absolute atomic E-state index is 0.0262. The van der Waals surface area contributed by atoms with E-state index in [0.29, 0.717) is 6.54 Å². The maximum atomic E-state index is 12.2. The molecule has 0 bridgehead atoms. The van der Waals surface area contributed by atoms with Crippen LogP contribution in [0.3, 0.4) is 0 Å². The predicted octanol–water partition coefficient (Wildman–Crippen LogP) is 3.46. The maximum Gasteiger partial charge on any atom is 0.225 e. The van der Waals surface area contributed by atoms with Gasteiger partial charge < -0.3 is 11.1 Å². The van der Waals surface area contributed by atoms with Gasteiger partial charge in [-0.15, -0.1) is 11.3 Å². The lowest BCUT2D eigenvalue weighted by atomic mass is 9.95. The average Bonchev–Trinajstić information content (AvgIpc) is 2.89. The molecule has 106 valence electrons. The monoisotopic (exact) mass is 352 g/mol. The van der Waals surface area contributed by atoms with Gasteiger partial charge >= 0.3 is 0 Å². The van der Waals surface area contributed by atoms with Crippen LogP contribution in [0.1, 0.15) is 23.4 Å². The number of amides is 1. The van der Waals surface area contributed by atoms with Crippen molar-refractivity contribution in [2.75, 3.05) is 0 Å². The van der Waals surface area contributed by atoms with Crippen molar-refractivity contribution in [3.05, 3.63) is 56.7 Å². The van der Waals surface area contributed by atoms with Crippen LogP contribution in [0.5, 0.6) is 0 Å². The van der Waals surface area contributed by atoms with E-state index in [1.54, 1.807) is 11.3 Å². The second-order valence-corrected chi connectivity index (χ2v) is 6.49. The van der Waals surface area contributed by atoms with Crippen LogP contribution >= 0.6 is 27.3 Å². The zero-order chi connectivity index (χ0) is 14.5. The Labute approximate surface area is 131 Å². The Balaban J connectivity index is 1.93. The Morgan fingerprint density at radius 2 is 2.05 bits per heavy atom. The Bertz CT molecular complexity index is 570. The summed E-state index contributed by atoms with van der Waals surface area (Å²) in [5.41, 5.74) is 7.13. The van der Waals surface area contributed by atoms with E-state index in [1.807, 2.05) is 48.7 Å². The smallest absolute Gasteiger partial charge is 0.225 e. The Kier molecular flexibility index (Phi) is 5.34. The molecule has 1 aromatic carbocycles. The highest BCUT2D eigenvalue weighted by Gasteiger charge is 2.21. The van der Waals surface area contributed by atoms with Gasteiger partial charge in [-0.25, -0.2) is 0 Å². The summed E-state index contributed by atoms with van der Waals surface area (Å²) >= 11 is 5.07. The van der Waals surface area contributed by atoms with Crippen molar-refractivity contribution >= 4 is 33.2 Å². The van der Waals surface area contributed by atoms with E-state index in [-0.39, 0.29) is 17.9 Å². The van der Waals surface area contributed by atoms with Gasteiger partial charge in [0.15, 0.2) is 0 Å². The van der Waals surface area contributed by atoms with E-state index in [9.17, 15) is 4.79 Å². The molecule has 0 radical (unpaired) electrons. The summed E-state index contributed by atoms with van der Waals surface area (Å²) in [5.74, 6) is -0.294. The SMILES string of the molecule is CC(C(=O)NCc1sccc1Br)C(N)c1ccccc1. The first kappa shape index (κ1) is 15.2. The zero-order valence-corrected chi connectivity index (χ0v) is 13.6. The van der Waals surface area contributed by atoms with Crippen LogP contribution in [0.25, 0.3) is 0 Å². The molecule has 0 aliphatic rings. The zero-order valence-electron chi connectivity index (χ0n) is 11.2. The number of carbonyl (C=O) groups excluding carboxylic acids is 1. The first-order valence-electron chi connectivity index (χ1n) is 6.39. The van der Waals surface area contributed by atoms with Crippen LogP contribution in [-0.4, -0.2) is 5.91 Å². The van der Waals surface area contributed by atoms with Crippen molar-refractivity contribution in [2.45, 2.75) is 19.5 Å². The number of carbonyl (C=O) groups is 1. The van der Waals surface area contributed by atoms with Crippen LogP contribution < -0.4 is 11.1 Å². The van der Waals surface area contributed by atoms with Gasteiger partial charge in [0.25, 0.3) is 0 Å². The van der Waals surface area contributed by atoms with Crippen LogP contribution in [0.2, 0.25) is 0 Å². The molecule has 0 saturated carbocycles. The van der Waals surface area contributed by atoms with Crippen molar-refractivity contribution in [3.63, 3.8) is 0 Å². The fourth-order valence-electron chi connectivity index (χ4n) is 1.91. The minimum atomic E-state index is -0.289. The maximum absolute atomic E-state index is 12.2. The largest absolute Gasteiger partial charge is 0.351 e. The standard InChI is InChI=1S/C15H17BrN2OS/c1-10(14(17)11-5-3-2-4-6-11)15(19)18-9-13-12(16)7-8-20-13/h2-8,10,14H,9,17H2,1H3,(H,18,19). The number of thiophene rings is 1. The molecule has 0 aliphatic carbocycles. The third-order valence-electron chi connectivity index (χ3n) is 3.25. The minimum Gasteiger partial charge on any atom is -0.351 e. The van der Waals surface area contributed by atoms with Crippen molar-refractivity contribution in [2.24, 2.45) is 11.7 Å². The number of rotatable bonds is 5. The van der Waals surface area contributed by atoms with Crippen molar-refractivity contribution in [1.82, 2.24) is 5.32 Å². The first-order valence-corrected chi connectivity index (χ1v) is 8.07. The molecule has 2 aromatic rings. The Hall–Kier alpha value is -1.17. The van der Waals surface area contributed by atoms with Crippen molar-refractivity contribution in [3.8, 4) is 0 Å². The number of halogens is 1. The Morgan fingerprint density at radius 3 is 2.65 bits per heavy atom. The highest BCUT2D eigenvalue weighted by Crippen LogP contribution is 2.23. The van der Waals surface area contributed by atoms with Crippen molar-refractivity contribution in [1.29, 1.82) is 0 Å². The number of nitrogens with one attached hydrogen (secondary N) is 1. The summed E-state index contributed by atoms with van der Waals surface area (Å²) < 4.78 is 1.03. The van der Waals surface area contributed by atoms with Gasteiger partial charge in [0.1, 0.15) is 0 Å². The van der Waals surface area contributed by atoms with Gasteiger partial charge in [0, 0.05) is 15.4 Å². The molecule has 3 nitrogen and oxygen atoms in total. The molecule has 20 heavy (non-hydrogen) atoms. The number of nitrogens with two attached hydrogens (primary N) is 1. The first-order chi connectivity index (χ1) is 9.59. The molecule has 0 saturated heterocycles. The third kappa shape index (κ3) is 3.69. The molecule has 2 rings (SSSR count). The number of hydrogen-bond donors (Lipinski definition) is 2. The Morgan fingerprint density at radius 1 is 1.35 bits per heavy atom. The van der Waals surface area contributed by atoms with E-state index in [4.69, 9.17) is 5.73 Å². The van der Waals surface area contributed by atoms with Gasteiger partial charge in [-0.1, -0.05) is 37.3 Å². The van der Waals surface area contributed by atoms with E-state index in [0.717, 1.165) is 14.9 Å². The molecule has 0 fully saturated rings. The van der Waals surface area contributed by atoms with Gasteiger partial charge in [-0.2, -0.15) is 0 Å². The van der Waals surface area contributed by atoms with Crippen LogP contribution in [0.4, 0.5) is 0 Å². The van der Waals surface area contributed by atoms with E-state index >= 15 is 0 Å². The summed E-state index contributed by atoms with van der Waals surface area (Å²) in [6, 6.07) is 11.4. The van der Waals surface area contributed by atoms with Crippen molar-refractivity contribution < 1.29 is 4.79 Å². The van der Waals surface area contributed by atoms with E-state index in [1.165, 1.54) is 0 Å². The predicted molar refractivity (Wildman–Crippen MR) is 86.4 cm³/mol. The van der Waals surface area contributed by atoms with Crippen LogP contribution in [-0.2, 0) is 11.3 Å². The summed E-state index contributed by atoms with van der Waals surface area (Å²) in [6.45, 7) is 2.39. The third-order valence-corrected chi connectivity index (χ3v) is 5.18. The fourth-order valence-corrected chi connectivity index (χ4v) is 3.34. The number of hydrogen-bond acceptors (Lipinski definition) is 3. The van der Waals surface area contributed by atoms with Crippen LogP contribution in [0, 0.1) is 5.92 Å². The molecular formula is C15H17BrN2OS. The normalized spacial score (nSPS) is 13.8. The second-order valence-electron chi connectivity index (χ2n) is 4.63. The molecule has 5 heteroatoms. The van der Waals surface area contributed by atoms with Crippen LogP contribution in [0.15, 0.2) is 46.3 Å². The molecule has 2 unspecified atom stereocenters. The number of benzene rings is 1. The second kappa shape index (κ2) is 7.02. The van der Waals surface area contributed by atoms with E-state index in [2.05, 4.69) is 21.2 Å². The molecule has 1 aromatic heterocycles. The summed E-state index contributed by atoms with van der Waals surface area (Å²) in [6.07, 6.45) is 0. The topological polar surface area (TPSA) is 55.1 Å². The summed E-state index contributed by atoms with van der Waals surface area (Å²) in [4.78, 5) is 13.3. The molecule has 2 atom stereocenters. The molecule has 1 heterocycles. The van der Waals surface area contributed by atoms with Gasteiger partial charge in [-0.3, -0.25) is 4.79 Å². The van der Waals surface area contributed by atoms with Gasteiger partial charge in [0.2, 0.25) is 5.91 Å². The molecule has 3 N–H and O–H groups in total. The molecular weight excluding hydrogens is 336 g/mol. The summed E-state index contributed by atoms with van der Waals surface area (Å²) in [7, 11) is 0. The van der Waals surface area contributed by atoms with Gasteiger partial charge in [0.05, 0.1) is 12.5 Å². The molecule has 0 spiro atoms. The highest BCUT2D eigenvalue weighted by molar-refractivity contribution is 9.10. The fraction of sp³-hybridized carbons (Fsp3) is 0.267. The lowest BCUT2D eigenvalue weighted by Gasteiger charge is -2.19.